The Labute approximate surface area is 147 Å². The van der Waals surface area contributed by atoms with E-state index in [1.54, 1.807) is 0 Å². The lowest BCUT2D eigenvalue weighted by molar-refractivity contribution is 0.0362. The van der Waals surface area contributed by atoms with Crippen LogP contribution in [0.2, 0.25) is 0 Å². The van der Waals surface area contributed by atoms with Gasteiger partial charge in [0.25, 0.3) is 0 Å². The lowest BCUT2D eigenvalue weighted by atomic mass is 9.84. The Hall–Kier alpha value is -0.0800. The van der Waals surface area contributed by atoms with E-state index in [1.165, 1.54) is 90.1 Å². The highest BCUT2D eigenvalue weighted by molar-refractivity contribution is 4.90. The van der Waals surface area contributed by atoms with Crippen molar-refractivity contribution in [1.29, 1.82) is 0 Å². The van der Waals surface area contributed by atoms with Gasteiger partial charge in [-0.3, -0.25) is 4.90 Å². The van der Waals surface area contributed by atoms with Gasteiger partial charge in [0.05, 0.1) is 0 Å². The Morgan fingerprint density at radius 1 is 0.826 bits per heavy atom. The fourth-order valence-corrected chi connectivity index (χ4v) is 4.23. The molecule has 1 aliphatic rings. The Bertz CT molecular complexity index is 268. The van der Waals surface area contributed by atoms with Gasteiger partial charge >= 0.3 is 0 Å². The van der Waals surface area contributed by atoms with Gasteiger partial charge in [-0.15, -0.1) is 0 Å². The molecular weight excluding hydrogens is 280 g/mol. The van der Waals surface area contributed by atoms with E-state index in [2.05, 4.69) is 44.7 Å². The maximum absolute atomic E-state index is 2.85. The smallest absolute Gasteiger partial charge is 0.0181 e. The van der Waals surface area contributed by atoms with Crippen molar-refractivity contribution < 1.29 is 0 Å². The molecule has 1 saturated heterocycles. The van der Waals surface area contributed by atoms with Crippen molar-refractivity contribution in [3.63, 3.8) is 0 Å². The van der Waals surface area contributed by atoms with Gasteiger partial charge in [0.1, 0.15) is 0 Å². The van der Waals surface area contributed by atoms with E-state index in [1.807, 2.05) is 0 Å². The topological polar surface area (TPSA) is 6.48 Å². The summed E-state index contributed by atoms with van der Waals surface area (Å²) in [6.07, 6.45) is 16.7. The van der Waals surface area contributed by atoms with Crippen molar-refractivity contribution in [2.45, 2.75) is 109 Å². The highest BCUT2D eigenvalue weighted by atomic mass is 15.2. The average Bonchev–Trinajstić information content (AvgIpc) is 2.56. The Morgan fingerprint density at radius 3 is 1.70 bits per heavy atom. The summed E-state index contributed by atoms with van der Waals surface area (Å²) in [5.41, 5.74) is 0.457. The van der Waals surface area contributed by atoms with Crippen LogP contribution in [0.25, 0.3) is 0 Å². The van der Waals surface area contributed by atoms with Gasteiger partial charge in [0.15, 0.2) is 0 Å². The molecule has 23 heavy (non-hydrogen) atoms. The first-order valence-electron chi connectivity index (χ1n) is 10.4. The van der Waals surface area contributed by atoms with Crippen LogP contribution in [0.5, 0.6) is 0 Å². The molecule has 0 saturated carbocycles. The number of hydrogen-bond donors (Lipinski definition) is 0. The molecule has 1 heterocycles. The summed E-state index contributed by atoms with van der Waals surface area (Å²) in [6, 6.07) is 0.802. The van der Waals surface area contributed by atoms with Crippen LogP contribution in [-0.4, -0.2) is 48.6 Å². The third-order valence-electron chi connectivity index (χ3n) is 6.10. The second-order valence-electron chi connectivity index (χ2n) is 8.30. The Morgan fingerprint density at radius 2 is 1.30 bits per heavy atom. The number of nitrogens with zero attached hydrogens (tertiary/aromatic N) is 2. The van der Waals surface area contributed by atoms with E-state index < -0.39 is 0 Å². The second kappa shape index (κ2) is 11.5. The number of hydrogen-bond acceptors (Lipinski definition) is 2. The number of likely N-dealkylation sites (tertiary alicyclic amines) is 1. The van der Waals surface area contributed by atoms with E-state index in [9.17, 15) is 0 Å². The van der Waals surface area contributed by atoms with Crippen LogP contribution < -0.4 is 0 Å². The van der Waals surface area contributed by atoms with Gasteiger partial charge in [-0.1, -0.05) is 65.2 Å². The fourth-order valence-electron chi connectivity index (χ4n) is 4.23. The summed E-state index contributed by atoms with van der Waals surface area (Å²) in [7, 11) is 4.49. The van der Waals surface area contributed by atoms with E-state index in [0.29, 0.717) is 5.54 Å². The first kappa shape index (κ1) is 21.0. The summed E-state index contributed by atoms with van der Waals surface area (Å²) >= 11 is 0. The van der Waals surface area contributed by atoms with Crippen LogP contribution in [0.15, 0.2) is 0 Å². The van der Waals surface area contributed by atoms with Crippen LogP contribution in [0, 0.1) is 0 Å². The quantitative estimate of drug-likeness (QED) is 0.424. The third-order valence-corrected chi connectivity index (χ3v) is 6.10. The van der Waals surface area contributed by atoms with Gasteiger partial charge in [0.2, 0.25) is 0 Å². The van der Waals surface area contributed by atoms with Gasteiger partial charge in [-0.05, 0) is 46.7 Å². The maximum atomic E-state index is 2.85. The van der Waals surface area contributed by atoms with Crippen LogP contribution in [0.1, 0.15) is 97.8 Å². The maximum Gasteiger partial charge on any atom is 0.0181 e. The molecule has 1 rings (SSSR count). The Balaban J connectivity index is 2.51. The highest BCUT2D eigenvalue weighted by Crippen LogP contribution is 2.32. The molecule has 0 N–H and O–H groups in total. The molecule has 0 aromatic carbocycles. The van der Waals surface area contributed by atoms with Crippen LogP contribution in [0.3, 0.4) is 0 Å². The predicted octanol–water partition coefficient (Wildman–Crippen LogP) is 5.71. The SMILES string of the molecule is CCCCCCC(C)(CCCCCC)N1CCC(N(C)C)CC1. The molecule has 0 unspecified atom stereocenters. The zero-order valence-electron chi connectivity index (χ0n) is 16.9. The second-order valence-corrected chi connectivity index (χ2v) is 8.30. The molecule has 1 fully saturated rings. The van der Waals surface area contributed by atoms with Gasteiger partial charge in [0, 0.05) is 24.7 Å². The molecule has 0 spiro atoms. The first-order chi connectivity index (χ1) is 11.0. The fraction of sp³-hybridized carbons (Fsp3) is 1.00. The minimum atomic E-state index is 0.457. The summed E-state index contributed by atoms with van der Waals surface area (Å²) in [4.78, 5) is 5.28. The molecule has 138 valence electrons. The highest BCUT2D eigenvalue weighted by Gasteiger charge is 2.33. The minimum Gasteiger partial charge on any atom is -0.306 e. The predicted molar refractivity (Wildman–Crippen MR) is 104 cm³/mol. The van der Waals surface area contributed by atoms with Crippen molar-refractivity contribution in [2.75, 3.05) is 27.2 Å². The van der Waals surface area contributed by atoms with E-state index >= 15 is 0 Å². The standard InChI is InChI=1S/C21H44N2/c1-6-8-10-12-16-21(3,17-13-11-9-7-2)23-18-14-20(15-19-23)22(4)5/h20H,6-19H2,1-5H3. The Kier molecular flexibility index (Phi) is 10.5. The first-order valence-corrected chi connectivity index (χ1v) is 10.4. The zero-order chi connectivity index (χ0) is 17.1. The van der Waals surface area contributed by atoms with Crippen LogP contribution >= 0.6 is 0 Å². The van der Waals surface area contributed by atoms with E-state index in [0.717, 1.165) is 6.04 Å². The van der Waals surface area contributed by atoms with Crippen molar-refractivity contribution >= 4 is 0 Å². The van der Waals surface area contributed by atoms with Crippen molar-refractivity contribution in [1.82, 2.24) is 9.80 Å². The van der Waals surface area contributed by atoms with Crippen molar-refractivity contribution in [2.24, 2.45) is 0 Å². The average molecular weight is 325 g/mol. The molecule has 0 aromatic rings. The molecule has 0 bridgehead atoms. The molecular formula is C21H44N2. The molecule has 0 aromatic heterocycles. The lowest BCUT2D eigenvalue weighted by Gasteiger charge is -2.46. The molecule has 0 aliphatic carbocycles. The molecule has 0 radical (unpaired) electrons. The molecule has 2 heteroatoms. The summed E-state index contributed by atoms with van der Waals surface area (Å²) in [6.45, 7) is 9.81. The lowest BCUT2D eigenvalue weighted by Crippen LogP contribution is -2.52. The summed E-state index contributed by atoms with van der Waals surface area (Å²) < 4.78 is 0. The van der Waals surface area contributed by atoms with E-state index in [4.69, 9.17) is 0 Å². The summed E-state index contributed by atoms with van der Waals surface area (Å²) in [5, 5.41) is 0. The largest absolute Gasteiger partial charge is 0.306 e. The minimum absolute atomic E-state index is 0.457. The van der Waals surface area contributed by atoms with Crippen LogP contribution in [0.4, 0.5) is 0 Å². The van der Waals surface area contributed by atoms with E-state index in [-0.39, 0.29) is 0 Å². The number of piperidine rings is 1. The molecule has 2 nitrogen and oxygen atoms in total. The zero-order valence-corrected chi connectivity index (χ0v) is 16.9. The van der Waals surface area contributed by atoms with Gasteiger partial charge in [-0.25, -0.2) is 0 Å². The number of unbranched alkanes of at least 4 members (excludes halogenated alkanes) is 6. The normalized spacial score (nSPS) is 18.0. The van der Waals surface area contributed by atoms with Crippen molar-refractivity contribution in [3.8, 4) is 0 Å². The molecule has 1 aliphatic heterocycles. The third kappa shape index (κ3) is 7.56. The van der Waals surface area contributed by atoms with Gasteiger partial charge < -0.3 is 4.90 Å². The molecule has 0 atom stereocenters. The molecule has 0 amide bonds. The van der Waals surface area contributed by atoms with Gasteiger partial charge in [-0.2, -0.15) is 0 Å². The van der Waals surface area contributed by atoms with Crippen molar-refractivity contribution in [3.05, 3.63) is 0 Å². The monoisotopic (exact) mass is 324 g/mol. The summed E-state index contributed by atoms with van der Waals surface area (Å²) in [5.74, 6) is 0. The number of rotatable bonds is 12. The van der Waals surface area contributed by atoms with Crippen LogP contribution in [-0.2, 0) is 0 Å².